The van der Waals surface area contributed by atoms with Crippen LogP contribution in [0, 0.1) is 0 Å². The lowest BCUT2D eigenvalue weighted by atomic mass is 10.1. The van der Waals surface area contributed by atoms with Crippen LogP contribution >= 0.6 is 0 Å². The van der Waals surface area contributed by atoms with Crippen molar-refractivity contribution in [2.75, 3.05) is 32.7 Å². The quantitative estimate of drug-likeness (QED) is 0.513. The first kappa shape index (κ1) is 22.9. The number of benzene rings is 2. The number of rotatable bonds is 9. The summed E-state index contributed by atoms with van der Waals surface area (Å²) in [5.74, 6) is 0.458. The predicted molar refractivity (Wildman–Crippen MR) is 120 cm³/mol. The van der Waals surface area contributed by atoms with Gasteiger partial charge in [-0.15, -0.1) is 0 Å². The molecular formula is C24H27N3O5. The fraction of sp³-hybridized carbons (Fsp3) is 0.292. The lowest BCUT2D eigenvalue weighted by Crippen LogP contribution is -2.37. The van der Waals surface area contributed by atoms with Gasteiger partial charge in [0.05, 0.1) is 24.4 Å². The van der Waals surface area contributed by atoms with Crippen molar-refractivity contribution in [2.24, 2.45) is 0 Å². The SMILES string of the molecule is COC(=O)c1ccc(OC[C@@H](C)NC(=O)c2cc(Cc3ccccc3)on2)c(N(C)C)c1. The molecule has 1 N–H and O–H groups in total. The summed E-state index contributed by atoms with van der Waals surface area (Å²) in [7, 11) is 5.05. The van der Waals surface area contributed by atoms with Crippen LogP contribution in [0.5, 0.6) is 5.75 Å². The van der Waals surface area contributed by atoms with Gasteiger partial charge in [-0.1, -0.05) is 35.5 Å². The first-order valence-corrected chi connectivity index (χ1v) is 10.2. The highest BCUT2D eigenvalue weighted by Gasteiger charge is 2.17. The molecule has 0 aliphatic heterocycles. The van der Waals surface area contributed by atoms with Gasteiger partial charge in [0.2, 0.25) is 0 Å². The topological polar surface area (TPSA) is 93.9 Å². The van der Waals surface area contributed by atoms with E-state index in [9.17, 15) is 9.59 Å². The lowest BCUT2D eigenvalue weighted by Gasteiger charge is -2.20. The van der Waals surface area contributed by atoms with E-state index in [1.165, 1.54) is 7.11 Å². The van der Waals surface area contributed by atoms with E-state index in [4.69, 9.17) is 14.0 Å². The number of hydrogen-bond donors (Lipinski definition) is 1. The van der Waals surface area contributed by atoms with Gasteiger partial charge in [0.1, 0.15) is 18.1 Å². The fourth-order valence-corrected chi connectivity index (χ4v) is 3.09. The number of anilines is 1. The molecule has 0 aliphatic carbocycles. The first-order valence-electron chi connectivity index (χ1n) is 10.2. The number of nitrogens with zero attached hydrogens (tertiary/aromatic N) is 2. The molecule has 0 fully saturated rings. The monoisotopic (exact) mass is 437 g/mol. The molecule has 2 aromatic carbocycles. The van der Waals surface area contributed by atoms with Gasteiger partial charge in [-0.25, -0.2) is 4.79 Å². The zero-order chi connectivity index (χ0) is 23.1. The summed E-state index contributed by atoms with van der Waals surface area (Å²) < 4.78 is 16.0. The van der Waals surface area contributed by atoms with Gasteiger partial charge >= 0.3 is 5.97 Å². The van der Waals surface area contributed by atoms with E-state index in [2.05, 4.69) is 10.5 Å². The molecule has 1 atom stereocenters. The molecule has 1 aromatic heterocycles. The van der Waals surface area contributed by atoms with Crippen molar-refractivity contribution >= 4 is 17.6 Å². The smallest absolute Gasteiger partial charge is 0.337 e. The molecule has 32 heavy (non-hydrogen) atoms. The summed E-state index contributed by atoms with van der Waals surface area (Å²) in [4.78, 5) is 26.1. The van der Waals surface area contributed by atoms with Crippen molar-refractivity contribution < 1.29 is 23.6 Å². The minimum absolute atomic E-state index is 0.221. The van der Waals surface area contributed by atoms with E-state index < -0.39 is 5.97 Å². The average molecular weight is 437 g/mol. The zero-order valence-corrected chi connectivity index (χ0v) is 18.6. The number of ether oxygens (including phenoxy) is 2. The van der Waals surface area contributed by atoms with E-state index in [0.717, 1.165) is 11.3 Å². The molecule has 8 nitrogen and oxygen atoms in total. The van der Waals surface area contributed by atoms with Crippen molar-refractivity contribution in [2.45, 2.75) is 19.4 Å². The van der Waals surface area contributed by atoms with Crippen LogP contribution in [0.3, 0.4) is 0 Å². The molecule has 0 saturated carbocycles. The Morgan fingerprint density at radius 3 is 2.56 bits per heavy atom. The highest BCUT2D eigenvalue weighted by atomic mass is 16.5. The molecule has 8 heteroatoms. The van der Waals surface area contributed by atoms with Crippen LogP contribution in [0.1, 0.15) is 39.1 Å². The number of esters is 1. The summed E-state index contributed by atoms with van der Waals surface area (Å²) in [6, 6.07) is 16.2. The third-order valence-corrected chi connectivity index (χ3v) is 4.74. The largest absolute Gasteiger partial charge is 0.489 e. The summed E-state index contributed by atoms with van der Waals surface area (Å²) in [6.07, 6.45) is 0.564. The van der Waals surface area contributed by atoms with E-state index in [1.54, 1.807) is 24.3 Å². The molecule has 0 aliphatic rings. The van der Waals surface area contributed by atoms with Gasteiger partial charge in [-0.3, -0.25) is 4.79 Å². The Labute approximate surface area is 187 Å². The number of aromatic nitrogens is 1. The molecule has 0 unspecified atom stereocenters. The molecule has 0 saturated heterocycles. The number of hydrogen-bond acceptors (Lipinski definition) is 7. The molecule has 0 radical (unpaired) electrons. The zero-order valence-electron chi connectivity index (χ0n) is 18.6. The Morgan fingerprint density at radius 1 is 1.12 bits per heavy atom. The lowest BCUT2D eigenvalue weighted by molar-refractivity contribution is 0.0600. The minimum Gasteiger partial charge on any atom is -0.489 e. The molecule has 1 amide bonds. The molecule has 3 rings (SSSR count). The van der Waals surface area contributed by atoms with Crippen LogP contribution in [0.25, 0.3) is 0 Å². The highest BCUT2D eigenvalue weighted by Crippen LogP contribution is 2.28. The molecule has 0 spiro atoms. The van der Waals surface area contributed by atoms with Gasteiger partial charge < -0.3 is 24.2 Å². The summed E-state index contributed by atoms with van der Waals surface area (Å²) in [5.41, 5.74) is 2.46. The van der Waals surface area contributed by atoms with Gasteiger partial charge in [0.25, 0.3) is 5.91 Å². The molecule has 1 heterocycles. The Bertz CT molecular complexity index is 1060. The normalized spacial score (nSPS) is 11.5. The maximum atomic E-state index is 12.5. The van der Waals surface area contributed by atoms with Gasteiger partial charge in [0, 0.05) is 26.6 Å². The van der Waals surface area contributed by atoms with Gasteiger partial charge in [-0.2, -0.15) is 0 Å². The minimum atomic E-state index is -0.417. The summed E-state index contributed by atoms with van der Waals surface area (Å²) >= 11 is 0. The van der Waals surface area contributed by atoms with Crippen LogP contribution in [-0.2, 0) is 11.2 Å². The van der Waals surface area contributed by atoms with Crippen LogP contribution in [0.2, 0.25) is 0 Å². The first-order chi connectivity index (χ1) is 15.4. The number of carbonyl (C=O) groups is 2. The number of amides is 1. The standard InChI is InChI=1S/C24H27N3O5/c1-16(15-31-22-11-10-18(24(29)30-4)13-21(22)27(2)3)25-23(28)20-14-19(32-26-20)12-17-8-6-5-7-9-17/h5-11,13-14,16H,12,15H2,1-4H3,(H,25,28)/t16-/m1/s1. The molecular weight excluding hydrogens is 410 g/mol. The Kier molecular flexibility index (Phi) is 7.49. The van der Waals surface area contributed by atoms with Crippen molar-refractivity contribution in [3.8, 4) is 5.75 Å². The fourth-order valence-electron chi connectivity index (χ4n) is 3.09. The van der Waals surface area contributed by atoms with E-state index in [1.807, 2.05) is 56.3 Å². The van der Waals surface area contributed by atoms with Crippen molar-refractivity contribution in [1.82, 2.24) is 10.5 Å². The Balaban J connectivity index is 1.57. The molecule has 0 bridgehead atoms. The number of carbonyl (C=O) groups excluding carboxylic acids is 2. The van der Waals surface area contributed by atoms with E-state index in [-0.39, 0.29) is 24.2 Å². The third-order valence-electron chi connectivity index (χ3n) is 4.74. The summed E-state index contributed by atoms with van der Waals surface area (Å²) in [5, 5.41) is 6.73. The van der Waals surface area contributed by atoms with Crippen LogP contribution in [0.4, 0.5) is 5.69 Å². The number of nitrogens with one attached hydrogen (secondary N) is 1. The maximum Gasteiger partial charge on any atom is 0.337 e. The van der Waals surface area contributed by atoms with Crippen LogP contribution < -0.4 is 15.0 Å². The predicted octanol–water partition coefficient (Wildman–Crippen LogP) is 3.32. The van der Waals surface area contributed by atoms with Gasteiger partial charge in [-0.05, 0) is 30.7 Å². The van der Waals surface area contributed by atoms with E-state index >= 15 is 0 Å². The number of methoxy groups -OCH3 is 1. The van der Waals surface area contributed by atoms with E-state index in [0.29, 0.717) is 23.5 Å². The van der Waals surface area contributed by atoms with Crippen molar-refractivity contribution in [1.29, 1.82) is 0 Å². The Hall–Kier alpha value is -3.81. The Morgan fingerprint density at radius 2 is 1.88 bits per heavy atom. The molecule has 168 valence electrons. The second kappa shape index (κ2) is 10.5. The van der Waals surface area contributed by atoms with Crippen LogP contribution in [-0.4, -0.2) is 50.9 Å². The van der Waals surface area contributed by atoms with Crippen molar-refractivity contribution in [3.05, 3.63) is 77.2 Å². The summed E-state index contributed by atoms with van der Waals surface area (Å²) in [6.45, 7) is 2.07. The highest BCUT2D eigenvalue weighted by molar-refractivity contribution is 5.92. The second-order valence-corrected chi connectivity index (χ2v) is 7.59. The average Bonchev–Trinajstić information content (AvgIpc) is 3.26. The second-order valence-electron chi connectivity index (χ2n) is 7.59. The molecule has 3 aromatic rings. The van der Waals surface area contributed by atoms with Crippen LogP contribution in [0.15, 0.2) is 59.1 Å². The van der Waals surface area contributed by atoms with Gasteiger partial charge in [0.15, 0.2) is 5.69 Å². The third kappa shape index (κ3) is 5.87. The van der Waals surface area contributed by atoms with Crippen molar-refractivity contribution in [3.63, 3.8) is 0 Å². The maximum absolute atomic E-state index is 12.5.